The second-order valence-corrected chi connectivity index (χ2v) is 4.34. The number of alkyl halides is 1. The van der Waals surface area contributed by atoms with Crippen molar-refractivity contribution in [1.29, 1.82) is 0 Å². The van der Waals surface area contributed by atoms with Crippen LogP contribution in [0.25, 0.3) is 0 Å². The van der Waals surface area contributed by atoms with Crippen molar-refractivity contribution >= 4 is 0 Å². The fourth-order valence-corrected chi connectivity index (χ4v) is 1.73. The van der Waals surface area contributed by atoms with Gasteiger partial charge >= 0.3 is 6.30 Å². The smallest absolute Gasteiger partial charge is 0.262 e. The van der Waals surface area contributed by atoms with Gasteiger partial charge in [0.25, 0.3) is 0 Å². The minimum absolute atomic E-state index is 0.0723. The van der Waals surface area contributed by atoms with E-state index >= 15 is 0 Å². The van der Waals surface area contributed by atoms with E-state index < -0.39 is 11.2 Å². The van der Waals surface area contributed by atoms with E-state index in [9.17, 15) is 14.5 Å². The SMILES string of the molecule is CCCCCCCCCCCC(F)[N+](=O)[O-]. The lowest BCUT2D eigenvalue weighted by molar-refractivity contribution is -0.554. The van der Waals surface area contributed by atoms with Gasteiger partial charge in [-0.2, -0.15) is 4.39 Å². The summed E-state index contributed by atoms with van der Waals surface area (Å²) in [5.74, 6) is 0. The third-order valence-corrected chi connectivity index (χ3v) is 2.77. The maximum atomic E-state index is 12.5. The van der Waals surface area contributed by atoms with Gasteiger partial charge in [-0.15, -0.1) is 0 Å². The summed E-state index contributed by atoms with van der Waals surface area (Å²) in [6, 6.07) is 0. The van der Waals surface area contributed by atoms with Crippen molar-refractivity contribution in [1.82, 2.24) is 0 Å². The largest absolute Gasteiger partial charge is 0.349 e. The predicted molar refractivity (Wildman–Crippen MR) is 63.7 cm³/mol. The topological polar surface area (TPSA) is 43.1 Å². The Kier molecular flexibility index (Phi) is 10.4. The Morgan fingerprint density at radius 2 is 1.44 bits per heavy atom. The van der Waals surface area contributed by atoms with Crippen LogP contribution < -0.4 is 0 Å². The highest BCUT2D eigenvalue weighted by molar-refractivity contribution is 4.48. The molecule has 0 rings (SSSR count). The highest BCUT2D eigenvalue weighted by Crippen LogP contribution is 2.12. The number of nitro groups is 1. The van der Waals surface area contributed by atoms with Gasteiger partial charge in [-0.1, -0.05) is 58.3 Å². The molecular formula is C12H24FNO2. The Morgan fingerprint density at radius 3 is 1.88 bits per heavy atom. The number of nitrogens with zero attached hydrogens (tertiary/aromatic N) is 1. The molecule has 0 N–H and O–H groups in total. The molecule has 0 aromatic rings. The van der Waals surface area contributed by atoms with Gasteiger partial charge in [0.1, 0.15) is 0 Å². The summed E-state index contributed by atoms with van der Waals surface area (Å²) in [4.78, 5) is 9.15. The average molecular weight is 233 g/mol. The Hall–Kier alpha value is -0.670. The maximum Gasteiger partial charge on any atom is 0.349 e. The van der Waals surface area contributed by atoms with Gasteiger partial charge in [0.15, 0.2) is 0 Å². The fraction of sp³-hybridized carbons (Fsp3) is 1.00. The van der Waals surface area contributed by atoms with Crippen LogP contribution in [0.5, 0.6) is 0 Å². The molecule has 3 nitrogen and oxygen atoms in total. The van der Waals surface area contributed by atoms with E-state index in [1.54, 1.807) is 0 Å². The minimum Gasteiger partial charge on any atom is -0.262 e. The highest BCUT2D eigenvalue weighted by atomic mass is 19.1. The number of halogens is 1. The first-order chi connectivity index (χ1) is 7.68. The molecule has 0 aromatic heterocycles. The van der Waals surface area contributed by atoms with Crippen LogP contribution in [0.3, 0.4) is 0 Å². The number of rotatable bonds is 11. The third kappa shape index (κ3) is 9.87. The second-order valence-electron chi connectivity index (χ2n) is 4.34. The van der Waals surface area contributed by atoms with Gasteiger partial charge in [0.2, 0.25) is 0 Å². The first-order valence-electron chi connectivity index (χ1n) is 6.46. The molecule has 1 atom stereocenters. The van der Waals surface area contributed by atoms with Gasteiger partial charge in [-0.3, -0.25) is 10.1 Å². The Labute approximate surface area is 97.6 Å². The number of unbranched alkanes of at least 4 members (excludes halogenated alkanes) is 8. The van der Waals surface area contributed by atoms with E-state index in [0.29, 0.717) is 6.42 Å². The molecule has 0 saturated heterocycles. The van der Waals surface area contributed by atoms with E-state index in [0.717, 1.165) is 12.8 Å². The zero-order valence-corrected chi connectivity index (χ0v) is 10.3. The molecule has 4 heteroatoms. The van der Waals surface area contributed by atoms with Crippen LogP contribution in [0.1, 0.15) is 71.1 Å². The quantitative estimate of drug-likeness (QED) is 0.228. The van der Waals surface area contributed by atoms with Crippen LogP contribution in [0.4, 0.5) is 4.39 Å². The van der Waals surface area contributed by atoms with E-state index in [2.05, 4.69) is 6.92 Å². The van der Waals surface area contributed by atoms with Crippen molar-refractivity contribution in [3.05, 3.63) is 10.1 Å². The van der Waals surface area contributed by atoms with Crippen molar-refractivity contribution in [2.75, 3.05) is 0 Å². The zero-order valence-electron chi connectivity index (χ0n) is 10.3. The first-order valence-corrected chi connectivity index (χ1v) is 6.46. The molecule has 1 unspecified atom stereocenters. The van der Waals surface area contributed by atoms with E-state index in [1.165, 1.54) is 38.5 Å². The lowest BCUT2D eigenvalue weighted by Crippen LogP contribution is -2.12. The molecule has 0 saturated carbocycles. The lowest BCUT2D eigenvalue weighted by Gasteiger charge is -2.02. The molecule has 0 aliphatic heterocycles. The normalized spacial score (nSPS) is 12.6. The molecule has 0 aliphatic rings. The maximum absolute atomic E-state index is 12.5. The number of hydrogen-bond donors (Lipinski definition) is 0. The van der Waals surface area contributed by atoms with Crippen molar-refractivity contribution in [2.24, 2.45) is 0 Å². The van der Waals surface area contributed by atoms with Gasteiger partial charge < -0.3 is 0 Å². The summed E-state index contributed by atoms with van der Waals surface area (Å²) in [7, 11) is 0. The molecule has 0 radical (unpaired) electrons. The van der Waals surface area contributed by atoms with Crippen molar-refractivity contribution in [3.8, 4) is 0 Å². The van der Waals surface area contributed by atoms with Crippen LogP contribution in [-0.4, -0.2) is 11.2 Å². The Balaban J connectivity index is 3.07. The van der Waals surface area contributed by atoms with Gasteiger partial charge in [-0.25, -0.2) is 0 Å². The summed E-state index contributed by atoms with van der Waals surface area (Å²) < 4.78 is 12.5. The molecule has 16 heavy (non-hydrogen) atoms. The molecule has 0 fully saturated rings. The molecule has 0 heterocycles. The van der Waals surface area contributed by atoms with Crippen LogP contribution in [0, 0.1) is 10.1 Å². The molecule has 0 aromatic carbocycles. The standard InChI is InChI=1S/C12H24FNO2/c1-2-3-4-5-6-7-8-9-10-11-12(13)14(15)16/h12H,2-11H2,1H3. The second kappa shape index (κ2) is 10.8. The fourth-order valence-electron chi connectivity index (χ4n) is 1.73. The summed E-state index contributed by atoms with van der Waals surface area (Å²) in [5.41, 5.74) is 0. The van der Waals surface area contributed by atoms with E-state index in [1.807, 2.05) is 0 Å². The summed E-state index contributed by atoms with van der Waals surface area (Å²) in [6.45, 7) is 2.20. The van der Waals surface area contributed by atoms with Crippen LogP contribution in [0.2, 0.25) is 0 Å². The van der Waals surface area contributed by atoms with Crippen molar-refractivity contribution in [3.63, 3.8) is 0 Å². The van der Waals surface area contributed by atoms with Gasteiger partial charge in [0.05, 0.1) is 4.92 Å². The summed E-state index contributed by atoms with van der Waals surface area (Å²) >= 11 is 0. The van der Waals surface area contributed by atoms with Crippen LogP contribution >= 0.6 is 0 Å². The lowest BCUT2D eigenvalue weighted by atomic mass is 10.1. The highest BCUT2D eigenvalue weighted by Gasteiger charge is 2.15. The number of hydrogen-bond acceptors (Lipinski definition) is 2. The van der Waals surface area contributed by atoms with Crippen LogP contribution in [-0.2, 0) is 0 Å². The van der Waals surface area contributed by atoms with Crippen LogP contribution in [0.15, 0.2) is 0 Å². The molecule has 0 amide bonds. The summed E-state index contributed by atoms with van der Waals surface area (Å²) in [5, 5.41) is 10.00. The van der Waals surface area contributed by atoms with E-state index in [4.69, 9.17) is 0 Å². The average Bonchev–Trinajstić information content (AvgIpc) is 2.26. The van der Waals surface area contributed by atoms with Crippen molar-refractivity contribution in [2.45, 2.75) is 77.4 Å². The molecule has 0 spiro atoms. The Bertz CT molecular complexity index is 176. The molecule has 96 valence electrons. The van der Waals surface area contributed by atoms with Gasteiger partial charge in [0, 0.05) is 6.42 Å². The first kappa shape index (κ1) is 15.3. The monoisotopic (exact) mass is 233 g/mol. The third-order valence-electron chi connectivity index (χ3n) is 2.77. The summed E-state index contributed by atoms with van der Waals surface area (Å²) in [6.07, 6.45) is 8.44. The molecule has 0 bridgehead atoms. The molecular weight excluding hydrogens is 209 g/mol. The minimum atomic E-state index is -1.86. The van der Waals surface area contributed by atoms with Crippen molar-refractivity contribution < 1.29 is 9.31 Å². The Morgan fingerprint density at radius 1 is 1.00 bits per heavy atom. The predicted octanol–water partition coefficient (Wildman–Crippen LogP) is 4.48. The zero-order chi connectivity index (χ0) is 12.2. The van der Waals surface area contributed by atoms with Gasteiger partial charge in [-0.05, 0) is 6.42 Å². The molecule has 0 aliphatic carbocycles. The van der Waals surface area contributed by atoms with E-state index in [-0.39, 0.29) is 6.42 Å².